The van der Waals surface area contributed by atoms with Gasteiger partial charge in [0.05, 0.1) is 19.1 Å². The molecule has 1 saturated heterocycles. The minimum atomic E-state index is -0.855. The van der Waals surface area contributed by atoms with Crippen LogP contribution in [-0.4, -0.2) is 41.4 Å². The van der Waals surface area contributed by atoms with Gasteiger partial charge >= 0.3 is 0 Å². The molecule has 1 aliphatic carbocycles. The molecule has 1 saturated carbocycles. The number of hydrogen-bond donors (Lipinski definition) is 1. The molecule has 1 atom stereocenters. The highest BCUT2D eigenvalue weighted by atomic mass is 35.5. The number of nitrogens with one attached hydrogen (secondary N) is 1. The third-order valence-electron chi connectivity index (χ3n) is 4.14. The van der Waals surface area contributed by atoms with E-state index in [1.165, 1.54) is 5.56 Å². The fraction of sp³-hybridized carbons (Fsp3) is 0.562. The molecule has 120 valence electrons. The highest BCUT2D eigenvalue weighted by Crippen LogP contribution is 2.53. The SMILES string of the molecule is O=C(NCc1ccc(CN2CCOCC2)cc1)C1CC1(Cl)Cl. The van der Waals surface area contributed by atoms with Crippen molar-refractivity contribution in [3.05, 3.63) is 35.4 Å². The Morgan fingerprint density at radius 1 is 1.23 bits per heavy atom. The average molecular weight is 343 g/mol. The molecule has 1 aromatic carbocycles. The summed E-state index contributed by atoms with van der Waals surface area (Å²) in [5.41, 5.74) is 2.36. The van der Waals surface area contributed by atoms with Crippen LogP contribution in [0.2, 0.25) is 0 Å². The number of hydrogen-bond acceptors (Lipinski definition) is 3. The number of ether oxygens (including phenoxy) is 1. The predicted octanol–water partition coefficient (Wildman–Crippen LogP) is 2.33. The van der Waals surface area contributed by atoms with E-state index in [4.69, 9.17) is 27.9 Å². The summed E-state index contributed by atoms with van der Waals surface area (Å²) in [5, 5.41) is 2.88. The summed E-state index contributed by atoms with van der Waals surface area (Å²) in [7, 11) is 0. The second-order valence-corrected chi connectivity index (χ2v) is 7.48. The van der Waals surface area contributed by atoms with Crippen molar-refractivity contribution in [3.63, 3.8) is 0 Å². The fourth-order valence-corrected chi connectivity index (χ4v) is 3.10. The molecule has 4 nitrogen and oxygen atoms in total. The zero-order chi connectivity index (χ0) is 15.6. The molecule has 6 heteroatoms. The van der Waals surface area contributed by atoms with E-state index in [-0.39, 0.29) is 11.8 Å². The van der Waals surface area contributed by atoms with Crippen molar-refractivity contribution < 1.29 is 9.53 Å². The second kappa shape index (κ2) is 6.75. The van der Waals surface area contributed by atoms with Gasteiger partial charge in [-0.1, -0.05) is 24.3 Å². The molecule has 0 radical (unpaired) electrons. The molecular formula is C16H20Cl2N2O2. The van der Waals surface area contributed by atoms with Gasteiger partial charge in [0.25, 0.3) is 0 Å². The molecule has 2 fully saturated rings. The van der Waals surface area contributed by atoms with E-state index >= 15 is 0 Å². The number of benzene rings is 1. The van der Waals surface area contributed by atoms with Crippen LogP contribution in [0.1, 0.15) is 17.5 Å². The molecular weight excluding hydrogens is 323 g/mol. The number of alkyl halides is 2. The fourth-order valence-electron chi connectivity index (χ4n) is 2.59. The van der Waals surface area contributed by atoms with Crippen LogP contribution < -0.4 is 5.32 Å². The predicted molar refractivity (Wildman–Crippen MR) is 86.9 cm³/mol. The summed E-state index contributed by atoms with van der Waals surface area (Å²) < 4.78 is 4.49. The van der Waals surface area contributed by atoms with Crippen LogP contribution in [0.5, 0.6) is 0 Å². The molecule has 1 heterocycles. The largest absolute Gasteiger partial charge is 0.379 e. The normalized spacial score (nSPS) is 24.0. The first-order chi connectivity index (χ1) is 10.5. The molecule has 22 heavy (non-hydrogen) atoms. The van der Waals surface area contributed by atoms with Crippen molar-refractivity contribution >= 4 is 29.1 Å². The minimum absolute atomic E-state index is 0.0672. The van der Waals surface area contributed by atoms with E-state index in [2.05, 4.69) is 34.5 Å². The summed E-state index contributed by atoms with van der Waals surface area (Å²) in [4.78, 5) is 14.2. The number of carbonyl (C=O) groups is 1. The van der Waals surface area contributed by atoms with Gasteiger partial charge in [0, 0.05) is 26.2 Å². The average Bonchev–Trinajstić information content (AvgIpc) is 3.16. The number of rotatable bonds is 5. The van der Waals surface area contributed by atoms with E-state index in [1.54, 1.807) is 0 Å². The Labute approximate surface area is 140 Å². The van der Waals surface area contributed by atoms with Crippen LogP contribution in [0, 0.1) is 5.92 Å². The Bertz CT molecular complexity index is 527. The van der Waals surface area contributed by atoms with Crippen LogP contribution in [0.3, 0.4) is 0 Å². The summed E-state index contributed by atoms with van der Waals surface area (Å²) >= 11 is 11.8. The number of morpholine rings is 1. The molecule has 1 N–H and O–H groups in total. The van der Waals surface area contributed by atoms with Gasteiger partial charge in [0.2, 0.25) is 5.91 Å². The quantitative estimate of drug-likeness (QED) is 0.835. The van der Waals surface area contributed by atoms with E-state index < -0.39 is 4.33 Å². The molecule has 1 amide bonds. The second-order valence-electron chi connectivity index (χ2n) is 5.94. The van der Waals surface area contributed by atoms with Crippen molar-refractivity contribution in [3.8, 4) is 0 Å². The summed E-state index contributed by atoms with van der Waals surface area (Å²) in [6, 6.07) is 8.33. The van der Waals surface area contributed by atoms with Crippen LogP contribution in [-0.2, 0) is 22.6 Å². The third-order valence-corrected chi connectivity index (χ3v) is 4.98. The first-order valence-corrected chi connectivity index (χ1v) is 8.34. The zero-order valence-corrected chi connectivity index (χ0v) is 13.9. The minimum Gasteiger partial charge on any atom is -0.379 e. The zero-order valence-electron chi connectivity index (χ0n) is 12.4. The van der Waals surface area contributed by atoms with Gasteiger partial charge in [-0.05, 0) is 17.5 Å². The van der Waals surface area contributed by atoms with Crippen molar-refractivity contribution in [1.29, 1.82) is 0 Å². The van der Waals surface area contributed by atoms with E-state index in [0.717, 1.165) is 38.4 Å². The van der Waals surface area contributed by atoms with Gasteiger partial charge in [-0.15, -0.1) is 23.2 Å². The molecule has 1 unspecified atom stereocenters. The molecule has 3 rings (SSSR count). The highest BCUT2D eigenvalue weighted by Gasteiger charge is 2.56. The Morgan fingerprint density at radius 2 is 1.82 bits per heavy atom. The van der Waals surface area contributed by atoms with Crippen molar-refractivity contribution in [2.24, 2.45) is 5.92 Å². The smallest absolute Gasteiger partial charge is 0.226 e. The lowest BCUT2D eigenvalue weighted by atomic mass is 10.1. The lowest BCUT2D eigenvalue weighted by Gasteiger charge is -2.26. The first-order valence-electron chi connectivity index (χ1n) is 7.58. The summed E-state index contributed by atoms with van der Waals surface area (Å²) in [6.07, 6.45) is 0.542. The summed E-state index contributed by atoms with van der Waals surface area (Å²) in [5.74, 6) is -0.334. The number of amides is 1. The Kier molecular flexibility index (Phi) is 4.93. The van der Waals surface area contributed by atoms with Gasteiger partial charge in [-0.2, -0.15) is 0 Å². The molecule has 1 aromatic rings. The molecule has 1 aliphatic heterocycles. The Balaban J connectivity index is 1.46. The van der Waals surface area contributed by atoms with Crippen molar-refractivity contribution in [1.82, 2.24) is 10.2 Å². The number of nitrogens with zero attached hydrogens (tertiary/aromatic N) is 1. The first kappa shape index (κ1) is 16.1. The molecule has 0 bridgehead atoms. The van der Waals surface area contributed by atoms with Crippen LogP contribution in [0.15, 0.2) is 24.3 Å². The van der Waals surface area contributed by atoms with E-state index in [9.17, 15) is 4.79 Å². The van der Waals surface area contributed by atoms with Crippen LogP contribution in [0.25, 0.3) is 0 Å². The van der Waals surface area contributed by atoms with Gasteiger partial charge < -0.3 is 10.1 Å². The third kappa shape index (κ3) is 4.13. The maximum Gasteiger partial charge on any atom is 0.226 e. The van der Waals surface area contributed by atoms with Gasteiger partial charge in [-0.25, -0.2) is 0 Å². The summed E-state index contributed by atoms with van der Waals surface area (Å²) in [6.45, 7) is 5.05. The standard InChI is InChI=1S/C16H20Cl2N2O2/c17-16(18)9-14(16)15(21)19-10-12-1-3-13(4-2-12)11-20-5-7-22-8-6-20/h1-4,14H,5-11H2,(H,19,21). The van der Waals surface area contributed by atoms with Crippen LogP contribution in [0.4, 0.5) is 0 Å². The monoisotopic (exact) mass is 342 g/mol. The maximum atomic E-state index is 11.8. The Morgan fingerprint density at radius 3 is 2.41 bits per heavy atom. The van der Waals surface area contributed by atoms with E-state index in [1.807, 2.05) is 0 Å². The van der Waals surface area contributed by atoms with Crippen LogP contribution >= 0.6 is 23.2 Å². The topological polar surface area (TPSA) is 41.6 Å². The molecule has 0 aromatic heterocycles. The van der Waals surface area contributed by atoms with Gasteiger partial charge in [-0.3, -0.25) is 9.69 Å². The van der Waals surface area contributed by atoms with Gasteiger partial charge in [0.1, 0.15) is 4.33 Å². The van der Waals surface area contributed by atoms with E-state index in [0.29, 0.717) is 13.0 Å². The molecule has 2 aliphatic rings. The number of halogens is 2. The maximum absolute atomic E-state index is 11.8. The van der Waals surface area contributed by atoms with Crippen molar-refractivity contribution in [2.45, 2.75) is 23.8 Å². The number of carbonyl (C=O) groups excluding carboxylic acids is 1. The van der Waals surface area contributed by atoms with Crippen molar-refractivity contribution in [2.75, 3.05) is 26.3 Å². The highest BCUT2D eigenvalue weighted by molar-refractivity contribution is 6.52. The Hall–Kier alpha value is -0.810. The lowest BCUT2D eigenvalue weighted by Crippen LogP contribution is -2.35. The van der Waals surface area contributed by atoms with Gasteiger partial charge in [0.15, 0.2) is 0 Å². The molecule has 0 spiro atoms. The lowest BCUT2D eigenvalue weighted by molar-refractivity contribution is -0.122.